The summed E-state index contributed by atoms with van der Waals surface area (Å²) in [6.45, 7) is 0.712. The monoisotopic (exact) mass is 444 g/mol. The van der Waals surface area contributed by atoms with Crippen LogP contribution >= 0.6 is 23.2 Å². The van der Waals surface area contributed by atoms with E-state index >= 15 is 0 Å². The van der Waals surface area contributed by atoms with E-state index in [0.717, 1.165) is 11.8 Å². The number of ether oxygens (including phenoxy) is 1. The molecule has 0 aliphatic rings. The van der Waals surface area contributed by atoms with Crippen molar-refractivity contribution in [2.75, 3.05) is 37.0 Å². The molecule has 2 aromatic rings. The maximum atomic E-state index is 12.9. The van der Waals surface area contributed by atoms with Crippen LogP contribution in [0, 0.1) is 5.41 Å². The Balaban J connectivity index is 2.24. The summed E-state index contributed by atoms with van der Waals surface area (Å²) in [5.41, 5.74) is 0.600. The summed E-state index contributed by atoms with van der Waals surface area (Å²) in [5, 5.41) is 23.1. The van der Waals surface area contributed by atoms with Gasteiger partial charge in [0.05, 0.1) is 29.9 Å². The normalized spacial score (nSPS) is 10.8. The molecule has 0 aliphatic carbocycles. The molecule has 158 valence electrons. The first-order valence-corrected chi connectivity index (χ1v) is 9.34. The van der Waals surface area contributed by atoms with Crippen LogP contribution in [0.1, 0.15) is 11.3 Å². The molecular weight excluding hydrogens is 423 g/mol. The van der Waals surface area contributed by atoms with Gasteiger partial charge < -0.3 is 25.9 Å². The Morgan fingerprint density at radius 1 is 1.28 bits per heavy atom. The van der Waals surface area contributed by atoms with Gasteiger partial charge in [0.1, 0.15) is 18.1 Å². The molecule has 0 saturated carbocycles. The number of anilines is 2. The minimum Gasteiger partial charge on any atom is -0.394 e. The lowest BCUT2D eigenvalue weighted by Crippen LogP contribution is -2.31. The zero-order chi connectivity index (χ0) is 21.2. The highest BCUT2D eigenvalue weighted by Crippen LogP contribution is 2.23. The molecule has 0 fully saturated rings. The third kappa shape index (κ3) is 6.39. The Kier molecular flexibility index (Phi) is 9.32. The minimum atomic E-state index is -0.470. The standard InChI is InChI=1S/C17H22Cl2N6O4/c18-12-2-1-11(7-13(12)19)9-23-17-24-14(8-20)15(16(27)25(17)10-29-21)22-3-5-28-6-4-26/h1-2,7-8,20,22,26H,3-6,9-10,21H2,(H,23,24). The van der Waals surface area contributed by atoms with E-state index < -0.39 is 5.56 Å². The lowest BCUT2D eigenvalue weighted by Gasteiger charge is -2.17. The van der Waals surface area contributed by atoms with Crippen molar-refractivity contribution in [2.24, 2.45) is 5.90 Å². The summed E-state index contributed by atoms with van der Waals surface area (Å²) in [6.07, 6.45) is 0.969. The fourth-order valence-corrected chi connectivity index (χ4v) is 2.74. The lowest BCUT2D eigenvalue weighted by molar-refractivity contribution is 0.0765. The Morgan fingerprint density at radius 2 is 2.07 bits per heavy atom. The molecule has 29 heavy (non-hydrogen) atoms. The fourth-order valence-electron chi connectivity index (χ4n) is 2.42. The average molecular weight is 445 g/mol. The molecule has 12 heteroatoms. The van der Waals surface area contributed by atoms with E-state index in [4.69, 9.17) is 44.4 Å². The Morgan fingerprint density at radius 3 is 2.72 bits per heavy atom. The Labute approximate surface area is 177 Å². The van der Waals surface area contributed by atoms with Crippen LogP contribution in [0.5, 0.6) is 0 Å². The molecule has 1 aromatic carbocycles. The van der Waals surface area contributed by atoms with Gasteiger partial charge in [0.25, 0.3) is 5.56 Å². The maximum Gasteiger partial charge on any atom is 0.280 e. The van der Waals surface area contributed by atoms with Gasteiger partial charge in [-0.3, -0.25) is 14.2 Å². The number of aromatic nitrogens is 2. The second-order valence-electron chi connectivity index (χ2n) is 5.73. The average Bonchev–Trinajstić information content (AvgIpc) is 2.71. The van der Waals surface area contributed by atoms with Crippen molar-refractivity contribution in [1.29, 1.82) is 5.41 Å². The molecule has 0 unspecified atom stereocenters. The van der Waals surface area contributed by atoms with E-state index in [1.54, 1.807) is 18.2 Å². The summed E-state index contributed by atoms with van der Waals surface area (Å²) < 4.78 is 6.34. The van der Waals surface area contributed by atoms with E-state index in [9.17, 15) is 4.79 Å². The fraction of sp³-hybridized carbons (Fsp3) is 0.353. The highest BCUT2D eigenvalue weighted by molar-refractivity contribution is 6.42. The molecule has 1 aromatic heterocycles. The molecule has 0 radical (unpaired) electrons. The van der Waals surface area contributed by atoms with Crippen LogP contribution < -0.4 is 22.1 Å². The van der Waals surface area contributed by atoms with Gasteiger partial charge in [0, 0.05) is 19.3 Å². The van der Waals surface area contributed by atoms with Crippen LogP contribution in [0.2, 0.25) is 10.0 Å². The topological polar surface area (TPSA) is 148 Å². The predicted octanol–water partition coefficient (Wildman–Crippen LogP) is 1.43. The maximum absolute atomic E-state index is 12.9. The number of benzene rings is 1. The predicted molar refractivity (Wildman–Crippen MR) is 112 cm³/mol. The van der Waals surface area contributed by atoms with Gasteiger partial charge in [-0.1, -0.05) is 29.3 Å². The van der Waals surface area contributed by atoms with Crippen LogP contribution in [0.4, 0.5) is 11.6 Å². The Bertz CT molecular complexity index is 893. The molecule has 0 aliphatic heterocycles. The molecule has 6 N–H and O–H groups in total. The first kappa shape index (κ1) is 23.1. The highest BCUT2D eigenvalue weighted by atomic mass is 35.5. The van der Waals surface area contributed by atoms with Gasteiger partial charge in [0.2, 0.25) is 5.95 Å². The zero-order valence-corrected chi connectivity index (χ0v) is 17.0. The van der Waals surface area contributed by atoms with Gasteiger partial charge in [0.15, 0.2) is 0 Å². The van der Waals surface area contributed by atoms with Crippen molar-refractivity contribution < 1.29 is 14.7 Å². The molecular formula is C17H22Cl2N6O4. The molecule has 0 amide bonds. The molecule has 0 saturated heterocycles. The second kappa shape index (κ2) is 11.7. The summed E-state index contributed by atoms with van der Waals surface area (Å²) in [5.74, 6) is 5.33. The van der Waals surface area contributed by atoms with Gasteiger partial charge in [-0.15, -0.1) is 0 Å². The number of aliphatic hydroxyl groups excluding tert-OH is 1. The zero-order valence-electron chi connectivity index (χ0n) is 15.5. The van der Waals surface area contributed by atoms with Gasteiger partial charge >= 0.3 is 0 Å². The molecule has 0 spiro atoms. The molecule has 2 rings (SSSR count). The van der Waals surface area contributed by atoms with Gasteiger partial charge in [-0.05, 0) is 17.7 Å². The number of rotatable bonds is 12. The van der Waals surface area contributed by atoms with Crippen molar-refractivity contribution >= 4 is 41.1 Å². The number of aliphatic hydroxyl groups is 1. The number of hydrogen-bond donors (Lipinski definition) is 5. The summed E-state index contributed by atoms with van der Waals surface area (Å²) in [7, 11) is 0. The first-order chi connectivity index (χ1) is 14.0. The van der Waals surface area contributed by atoms with E-state index in [2.05, 4.69) is 20.5 Å². The largest absolute Gasteiger partial charge is 0.394 e. The SMILES string of the molecule is N=Cc1nc(NCc2ccc(Cl)c(Cl)c2)n(CON)c(=O)c1NCCOCCO. The van der Waals surface area contributed by atoms with Crippen molar-refractivity contribution in [2.45, 2.75) is 13.3 Å². The van der Waals surface area contributed by atoms with Crippen LogP contribution in [0.3, 0.4) is 0 Å². The van der Waals surface area contributed by atoms with Gasteiger partial charge in [-0.25, -0.2) is 10.9 Å². The molecule has 10 nitrogen and oxygen atoms in total. The van der Waals surface area contributed by atoms with Crippen LogP contribution in [0.15, 0.2) is 23.0 Å². The van der Waals surface area contributed by atoms with E-state index in [1.807, 2.05) is 0 Å². The van der Waals surface area contributed by atoms with Crippen LogP contribution in [-0.4, -0.2) is 47.2 Å². The summed E-state index contributed by atoms with van der Waals surface area (Å²) in [6, 6.07) is 5.14. The van der Waals surface area contributed by atoms with E-state index in [0.29, 0.717) is 16.6 Å². The van der Waals surface area contributed by atoms with E-state index in [1.165, 1.54) is 4.57 Å². The molecule has 1 heterocycles. The smallest absolute Gasteiger partial charge is 0.280 e. The minimum absolute atomic E-state index is 0.0901. The van der Waals surface area contributed by atoms with Gasteiger partial charge in [-0.2, -0.15) is 0 Å². The third-order valence-electron chi connectivity index (χ3n) is 3.76. The van der Waals surface area contributed by atoms with Crippen molar-refractivity contribution in [3.8, 4) is 0 Å². The lowest BCUT2D eigenvalue weighted by atomic mass is 10.2. The molecule has 0 bridgehead atoms. The number of nitrogens with one attached hydrogen (secondary N) is 3. The van der Waals surface area contributed by atoms with Crippen LogP contribution in [-0.2, 0) is 22.9 Å². The second-order valence-corrected chi connectivity index (χ2v) is 6.55. The highest BCUT2D eigenvalue weighted by Gasteiger charge is 2.15. The van der Waals surface area contributed by atoms with Crippen molar-refractivity contribution in [3.63, 3.8) is 0 Å². The Hall–Kier alpha value is -2.21. The number of nitrogens with two attached hydrogens (primary N) is 1. The first-order valence-electron chi connectivity index (χ1n) is 8.59. The quantitative estimate of drug-likeness (QED) is 0.187. The third-order valence-corrected chi connectivity index (χ3v) is 4.50. The molecule has 0 atom stereocenters. The number of nitrogens with zero attached hydrogens (tertiary/aromatic N) is 2. The summed E-state index contributed by atoms with van der Waals surface area (Å²) >= 11 is 11.9. The van der Waals surface area contributed by atoms with Crippen molar-refractivity contribution in [3.05, 3.63) is 49.9 Å². The number of halogens is 2. The van der Waals surface area contributed by atoms with Crippen molar-refractivity contribution in [1.82, 2.24) is 9.55 Å². The summed E-state index contributed by atoms with van der Waals surface area (Å²) in [4.78, 5) is 21.8. The number of hydrogen-bond acceptors (Lipinski definition) is 9. The van der Waals surface area contributed by atoms with E-state index in [-0.39, 0.29) is 50.4 Å². The van der Waals surface area contributed by atoms with Crippen LogP contribution in [0.25, 0.3) is 0 Å².